The Hall–Kier alpha value is -2.33. The fraction of sp³-hybridized carbons (Fsp3) is 0.0588. The van der Waals surface area contributed by atoms with Gasteiger partial charge in [-0.2, -0.15) is 0 Å². The second kappa shape index (κ2) is 4.90. The first-order valence-corrected chi connectivity index (χ1v) is 8.00. The molecule has 106 valence electrons. The molecular weight excluding hydrogens is 284 g/mol. The van der Waals surface area contributed by atoms with Gasteiger partial charge in [-0.05, 0) is 47.5 Å². The van der Waals surface area contributed by atoms with E-state index in [9.17, 15) is 13.5 Å². The minimum atomic E-state index is -3.73. The van der Waals surface area contributed by atoms with Crippen molar-refractivity contribution in [2.24, 2.45) is 0 Å². The van der Waals surface area contributed by atoms with Crippen LogP contribution in [0.25, 0.3) is 10.8 Å². The summed E-state index contributed by atoms with van der Waals surface area (Å²) in [5, 5.41) is 11.7. The highest BCUT2D eigenvalue weighted by molar-refractivity contribution is 7.91. The number of benzene rings is 3. The second-order valence-electron chi connectivity index (χ2n) is 4.98. The maximum atomic E-state index is 12.7. The Bertz CT molecular complexity index is 928. The zero-order chi connectivity index (χ0) is 15.0. The Balaban J connectivity index is 2.22. The predicted octanol–water partition coefficient (Wildman–Crippen LogP) is 3.69. The van der Waals surface area contributed by atoms with Crippen LogP contribution in [0.4, 0.5) is 0 Å². The monoisotopic (exact) mass is 298 g/mol. The van der Waals surface area contributed by atoms with Gasteiger partial charge in [0.05, 0.1) is 4.90 Å². The highest BCUT2D eigenvalue weighted by Gasteiger charge is 2.21. The Kier molecular flexibility index (Phi) is 3.18. The van der Waals surface area contributed by atoms with E-state index in [2.05, 4.69) is 0 Å². The van der Waals surface area contributed by atoms with E-state index in [4.69, 9.17) is 0 Å². The van der Waals surface area contributed by atoms with Crippen LogP contribution in [0.3, 0.4) is 0 Å². The summed E-state index contributed by atoms with van der Waals surface area (Å²) >= 11 is 0. The molecule has 0 aromatic heterocycles. The Labute approximate surface area is 123 Å². The molecule has 0 aliphatic rings. The number of fused-ring (bicyclic) bond motifs is 1. The molecule has 0 radical (unpaired) electrons. The van der Waals surface area contributed by atoms with E-state index in [1.165, 1.54) is 12.1 Å². The average molecular weight is 298 g/mol. The van der Waals surface area contributed by atoms with Gasteiger partial charge in [-0.25, -0.2) is 8.42 Å². The van der Waals surface area contributed by atoms with Gasteiger partial charge in [-0.1, -0.05) is 36.4 Å². The summed E-state index contributed by atoms with van der Waals surface area (Å²) in [5.74, 6) is -0.228. The fourth-order valence-electron chi connectivity index (χ4n) is 2.30. The summed E-state index contributed by atoms with van der Waals surface area (Å²) in [6.45, 7) is 1.79. The van der Waals surface area contributed by atoms with E-state index in [1.807, 2.05) is 24.3 Å². The standard InChI is InChI=1S/C17H14O3S/c1-12-6-9-16(18)17(10-12)21(19,20)15-8-7-13-4-2-3-5-14(13)11-15/h2-11,18H,1H3. The minimum absolute atomic E-state index is 0.0576. The number of aromatic hydroxyl groups is 1. The van der Waals surface area contributed by atoms with Gasteiger partial charge in [-0.3, -0.25) is 0 Å². The fourth-order valence-corrected chi connectivity index (χ4v) is 3.77. The van der Waals surface area contributed by atoms with Crippen molar-refractivity contribution in [2.75, 3.05) is 0 Å². The Morgan fingerprint density at radius 2 is 1.57 bits per heavy atom. The van der Waals surface area contributed by atoms with Crippen LogP contribution in [-0.2, 0) is 9.84 Å². The number of hydrogen-bond acceptors (Lipinski definition) is 3. The predicted molar refractivity (Wildman–Crippen MR) is 82.2 cm³/mol. The third-order valence-corrected chi connectivity index (χ3v) is 5.22. The molecule has 3 aromatic carbocycles. The van der Waals surface area contributed by atoms with Crippen LogP contribution in [0.5, 0.6) is 5.75 Å². The van der Waals surface area contributed by atoms with Crippen LogP contribution < -0.4 is 0 Å². The van der Waals surface area contributed by atoms with E-state index < -0.39 is 9.84 Å². The van der Waals surface area contributed by atoms with Crippen molar-refractivity contribution in [3.05, 3.63) is 66.2 Å². The highest BCUT2D eigenvalue weighted by Crippen LogP contribution is 2.30. The molecule has 0 unspecified atom stereocenters. The molecule has 0 heterocycles. The number of aryl methyl sites for hydroxylation is 1. The van der Waals surface area contributed by atoms with E-state index in [1.54, 1.807) is 31.2 Å². The maximum Gasteiger partial charge on any atom is 0.210 e. The molecule has 0 atom stereocenters. The molecule has 0 aliphatic carbocycles. The van der Waals surface area contributed by atoms with Gasteiger partial charge >= 0.3 is 0 Å². The average Bonchev–Trinajstić information content (AvgIpc) is 2.49. The van der Waals surface area contributed by atoms with Gasteiger partial charge in [0.2, 0.25) is 9.84 Å². The highest BCUT2D eigenvalue weighted by atomic mass is 32.2. The van der Waals surface area contributed by atoms with Crippen LogP contribution >= 0.6 is 0 Å². The lowest BCUT2D eigenvalue weighted by Gasteiger charge is -2.08. The van der Waals surface area contributed by atoms with Crippen LogP contribution in [0.1, 0.15) is 5.56 Å². The summed E-state index contributed by atoms with van der Waals surface area (Å²) in [6, 6.07) is 17.1. The molecule has 0 fully saturated rings. The van der Waals surface area contributed by atoms with E-state index >= 15 is 0 Å². The lowest BCUT2D eigenvalue weighted by atomic mass is 10.1. The molecule has 0 spiro atoms. The van der Waals surface area contributed by atoms with E-state index in [-0.39, 0.29) is 15.5 Å². The Morgan fingerprint density at radius 3 is 2.33 bits per heavy atom. The van der Waals surface area contributed by atoms with Crippen molar-refractivity contribution in [3.63, 3.8) is 0 Å². The molecule has 0 saturated heterocycles. The molecular formula is C17H14O3S. The normalized spacial score (nSPS) is 11.7. The van der Waals surface area contributed by atoms with Crippen molar-refractivity contribution in [2.45, 2.75) is 16.7 Å². The molecule has 3 aromatic rings. The molecule has 0 amide bonds. The molecule has 3 nitrogen and oxygen atoms in total. The van der Waals surface area contributed by atoms with Crippen LogP contribution in [-0.4, -0.2) is 13.5 Å². The molecule has 1 N–H and O–H groups in total. The first-order valence-electron chi connectivity index (χ1n) is 6.52. The van der Waals surface area contributed by atoms with Crippen molar-refractivity contribution in [1.29, 1.82) is 0 Å². The van der Waals surface area contributed by atoms with Gasteiger partial charge in [0.15, 0.2) is 0 Å². The van der Waals surface area contributed by atoms with Gasteiger partial charge < -0.3 is 5.11 Å². The van der Waals surface area contributed by atoms with Crippen molar-refractivity contribution in [1.82, 2.24) is 0 Å². The lowest BCUT2D eigenvalue weighted by molar-refractivity contribution is 0.458. The molecule has 0 bridgehead atoms. The quantitative estimate of drug-likeness (QED) is 0.785. The number of rotatable bonds is 2. The summed E-state index contributed by atoms with van der Waals surface area (Å²) in [6.07, 6.45) is 0. The van der Waals surface area contributed by atoms with Gasteiger partial charge in [0, 0.05) is 0 Å². The van der Waals surface area contributed by atoms with Gasteiger partial charge in [0.1, 0.15) is 10.6 Å². The summed E-state index contributed by atoms with van der Waals surface area (Å²) < 4.78 is 25.4. The van der Waals surface area contributed by atoms with E-state index in [0.29, 0.717) is 0 Å². The second-order valence-corrected chi connectivity index (χ2v) is 6.90. The van der Waals surface area contributed by atoms with Crippen LogP contribution in [0, 0.1) is 6.92 Å². The van der Waals surface area contributed by atoms with Gasteiger partial charge in [0.25, 0.3) is 0 Å². The van der Waals surface area contributed by atoms with Crippen LogP contribution in [0.2, 0.25) is 0 Å². The van der Waals surface area contributed by atoms with Crippen molar-refractivity contribution >= 4 is 20.6 Å². The van der Waals surface area contributed by atoms with Crippen molar-refractivity contribution in [3.8, 4) is 5.75 Å². The lowest BCUT2D eigenvalue weighted by Crippen LogP contribution is -2.02. The first kappa shape index (κ1) is 13.6. The maximum absolute atomic E-state index is 12.7. The molecule has 0 saturated carbocycles. The topological polar surface area (TPSA) is 54.4 Å². The summed E-state index contributed by atoms with van der Waals surface area (Å²) in [4.78, 5) is 0.125. The van der Waals surface area contributed by atoms with Crippen molar-refractivity contribution < 1.29 is 13.5 Å². The number of phenols is 1. The first-order chi connectivity index (χ1) is 9.98. The van der Waals surface area contributed by atoms with Crippen LogP contribution in [0.15, 0.2) is 70.5 Å². The van der Waals surface area contributed by atoms with E-state index in [0.717, 1.165) is 16.3 Å². The van der Waals surface area contributed by atoms with Gasteiger partial charge in [-0.15, -0.1) is 0 Å². The third-order valence-electron chi connectivity index (χ3n) is 3.44. The Morgan fingerprint density at radius 1 is 0.857 bits per heavy atom. The molecule has 4 heteroatoms. The molecule has 3 rings (SSSR count). The number of phenolic OH excluding ortho intramolecular Hbond substituents is 1. The number of hydrogen-bond donors (Lipinski definition) is 1. The SMILES string of the molecule is Cc1ccc(O)c(S(=O)(=O)c2ccc3ccccc3c2)c1. The zero-order valence-corrected chi connectivity index (χ0v) is 12.3. The third kappa shape index (κ3) is 2.38. The summed E-state index contributed by atoms with van der Waals surface area (Å²) in [7, 11) is -3.73. The minimum Gasteiger partial charge on any atom is -0.507 e. The molecule has 0 aliphatic heterocycles. The smallest absolute Gasteiger partial charge is 0.210 e. The molecule has 21 heavy (non-hydrogen) atoms. The number of sulfone groups is 1. The largest absolute Gasteiger partial charge is 0.507 e. The zero-order valence-electron chi connectivity index (χ0n) is 11.4. The summed E-state index contributed by atoms with van der Waals surface area (Å²) in [5.41, 5.74) is 0.784.